The molecule has 4 nitrogen and oxygen atoms in total. The molecule has 1 heterocycles. The fraction of sp³-hybridized carbons (Fsp3) is 1.00. The van der Waals surface area contributed by atoms with Gasteiger partial charge in [0.1, 0.15) is 0 Å². The molecule has 1 aliphatic rings. The second-order valence-corrected chi connectivity index (χ2v) is 6.65. The van der Waals surface area contributed by atoms with Crippen LogP contribution in [-0.4, -0.2) is 45.2 Å². The van der Waals surface area contributed by atoms with Gasteiger partial charge in [-0.1, -0.05) is 6.92 Å². The fourth-order valence-electron chi connectivity index (χ4n) is 2.02. The van der Waals surface area contributed by atoms with E-state index in [9.17, 15) is 8.42 Å². The zero-order chi connectivity index (χ0) is 11.4. The van der Waals surface area contributed by atoms with E-state index in [-0.39, 0.29) is 5.75 Å². The summed E-state index contributed by atoms with van der Waals surface area (Å²) in [5.41, 5.74) is 0. The molecular formula is C10H21NO3S. The Morgan fingerprint density at radius 2 is 1.87 bits per heavy atom. The van der Waals surface area contributed by atoms with Gasteiger partial charge in [-0.05, 0) is 32.9 Å². The molecule has 90 valence electrons. The Morgan fingerprint density at radius 1 is 1.27 bits per heavy atom. The van der Waals surface area contributed by atoms with Crippen LogP contribution in [0, 0.1) is 0 Å². The molecule has 0 radical (unpaired) electrons. The maximum Gasteiger partial charge on any atom is 0.158 e. The Bertz CT molecular complexity index is 281. The van der Waals surface area contributed by atoms with Gasteiger partial charge >= 0.3 is 0 Å². The molecule has 1 aliphatic heterocycles. The summed E-state index contributed by atoms with van der Waals surface area (Å²) in [6.45, 7) is 6.08. The minimum absolute atomic E-state index is 0.208. The summed E-state index contributed by atoms with van der Waals surface area (Å²) in [6, 6.07) is 0. The Kier molecular flexibility index (Phi) is 4.55. The molecule has 0 aromatic heterocycles. The zero-order valence-electron chi connectivity index (χ0n) is 9.58. The molecule has 0 aromatic carbocycles. The van der Waals surface area contributed by atoms with Crippen LogP contribution in [0.3, 0.4) is 0 Å². The van der Waals surface area contributed by atoms with Crippen LogP contribution in [0.4, 0.5) is 0 Å². The second kappa shape index (κ2) is 5.27. The third kappa shape index (κ3) is 2.71. The molecule has 0 atom stereocenters. The van der Waals surface area contributed by atoms with Crippen molar-refractivity contribution in [3.8, 4) is 0 Å². The van der Waals surface area contributed by atoms with Gasteiger partial charge in [0, 0.05) is 12.4 Å². The van der Waals surface area contributed by atoms with Gasteiger partial charge < -0.3 is 10.1 Å². The van der Waals surface area contributed by atoms with Crippen LogP contribution in [0.2, 0.25) is 0 Å². The minimum atomic E-state index is -3.02. The predicted molar refractivity (Wildman–Crippen MR) is 60.8 cm³/mol. The standard InChI is InChI=1S/C10H21NO3S/c1-3-14-9-10(15(12,13)4-2)5-7-11-8-6-10/h11H,3-9H2,1-2H3. The van der Waals surface area contributed by atoms with Crippen molar-refractivity contribution in [1.82, 2.24) is 5.32 Å². The van der Waals surface area contributed by atoms with Gasteiger partial charge in [0.15, 0.2) is 9.84 Å². The van der Waals surface area contributed by atoms with E-state index in [2.05, 4.69) is 5.32 Å². The molecule has 0 saturated carbocycles. The van der Waals surface area contributed by atoms with E-state index in [0.29, 0.717) is 26.1 Å². The number of hydrogen-bond donors (Lipinski definition) is 1. The molecule has 0 aromatic rings. The van der Waals surface area contributed by atoms with E-state index in [1.54, 1.807) is 6.92 Å². The van der Waals surface area contributed by atoms with Crippen molar-refractivity contribution in [3.63, 3.8) is 0 Å². The summed E-state index contributed by atoms with van der Waals surface area (Å²) >= 11 is 0. The third-order valence-corrected chi connectivity index (χ3v) is 5.73. The van der Waals surface area contributed by atoms with Crippen LogP contribution in [0.25, 0.3) is 0 Å². The van der Waals surface area contributed by atoms with Gasteiger partial charge in [0.2, 0.25) is 0 Å². The number of hydrogen-bond acceptors (Lipinski definition) is 4. The molecular weight excluding hydrogens is 214 g/mol. The lowest BCUT2D eigenvalue weighted by Gasteiger charge is -2.36. The van der Waals surface area contributed by atoms with Crippen LogP contribution in [-0.2, 0) is 14.6 Å². The van der Waals surface area contributed by atoms with E-state index in [1.165, 1.54) is 0 Å². The van der Waals surface area contributed by atoms with Crippen molar-refractivity contribution >= 4 is 9.84 Å². The quantitative estimate of drug-likeness (QED) is 0.757. The Morgan fingerprint density at radius 3 is 2.33 bits per heavy atom. The highest BCUT2D eigenvalue weighted by molar-refractivity contribution is 7.92. The molecule has 0 bridgehead atoms. The maximum atomic E-state index is 12.1. The Labute approximate surface area is 92.3 Å². The summed E-state index contributed by atoms with van der Waals surface area (Å²) in [4.78, 5) is 0. The lowest BCUT2D eigenvalue weighted by Crippen LogP contribution is -2.51. The SMILES string of the molecule is CCOCC1(S(=O)(=O)CC)CCNCC1. The highest BCUT2D eigenvalue weighted by Gasteiger charge is 2.43. The first-order chi connectivity index (χ1) is 7.08. The molecule has 15 heavy (non-hydrogen) atoms. The largest absolute Gasteiger partial charge is 0.380 e. The Balaban J connectivity index is 2.84. The lowest BCUT2D eigenvalue weighted by molar-refractivity contribution is 0.108. The zero-order valence-corrected chi connectivity index (χ0v) is 10.4. The number of piperidine rings is 1. The summed E-state index contributed by atoms with van der Waals surface area (Å²) < 4.78 is 28.9. The first kappa shape index (κ1) is 12.9. The maximum absolute atomic E-state index is 12.1. The number of nitrogens with one attached hydrogen (secondary N) is 1. The van der Waals surface area contributed by atoms with Gasteiger partial charge in [-0.2, -0.15) is 0 Å². The summed E-state index contributed by atoms with van der Waals surface area (Å²) in [6.07, 6.45) is 1.34. The average molecular weight is 235 g/mol. The minimum Gasteiger partial charge on any atom is -0.380 e. The van der Waals surface area contributed by atoms with E-state index >= 15 is 0 Å². The fourth-order valence-corrected chi connectivity index (χ4v) is 3.72. The van der Waals surface area contributed by atoms with Crippen molar-refractivity contribution < 1.29 is 13.2 Å². The van der Waals surface area contributed by atoms with Crippen LogP contribution < -0.4 is 5.32 Å². The van der Waals surface area contributed by atoms with Crippen molar-refractivity contribution in [3.05, 3.63) is 0 Å². The predicted octanol–water partition coefficient (Wildman–Crippen LogP) is 0.580. The van der Waals surface area contributed by atoms with Gasteiger partial charge in [0.25, 0.3) is 0 Å². The van der Waals surface area contributed by atoms with E-state index < -0.39 is 14.6 Å². The van der Waals surface area contributed by atoms with Crippen molar-refractivity contribution in [1.29, 1.82) is 0 Å². The number of rotatable bonds is 5. The molecule has 0 spiro atoms. The first-order valence-electron chi connectivity index (χ1n) is 5.59. The van der Waals surface area contributed by atoms with Crippen molar-refractivity contribution in [2.45, 2.75) is 31.4 Å². The van der Waals surface area contributed by atoms with Gasteiger partial charge in [-0.15, -0.1) is 0 Å². The average Bonchev–Trinajstić information content (AvgIpc) is 2.27. The highest BCUT2D eigenvalue weighted by Crippen LogP contribution is 2.29. The second-order valence-electron chi connectivity index (χ2n) is 3.97. The van der Waals surface area contributed by atoms with E-state index in [0.717, 1.165) is 13.1 Å². The van der Waals surface area contributed by atoms with Crippen molar-refractivity contribution in [2.75, 3.05) is 32.1 Å². The molecule has 1 saturated heterocycles. The molecule has 1 N–H and O–H groups in total. The summed E-state index contributed by atoms with van der Waals surface area (Å²) in [7, 11) is -3.02. The third-order valence-electron chi connectivity index (χ3n) is 3.12. The van der Waals surface area contributed by atoms with Crippen LogP contribution in [0.5, 0.6) is 0 Å². The molecule has 1 rings (SSSR count). The number of sulfone groups is 1. The summed E-state index contributed by atoms with van der Waals surface area (Å²) in [5.74, 6) is 0.208. The molecule has 0 unspecified atom stereocenters. The summed E-state index contributed by atoms with van der Waals surface area (Å²) in [5, 5.41) is 3.19. The van der Waals surface area contributed by atoms with Crippen molar-refractivity contribution in [2.24, 2.45) is 0 Å². The van der Waals surface area contributed by atoms with E-state index in [1.807, 2.05) is 6.92 Å². The van der Waals surface area contributed by atoms with Gasteiger partial charge in [0.05, 0.1) is 11.4 Å². The number of ether oxygens (including phenoxy) is 1. The van der Waals surface area contributed by atoms with Crippen LogP contribution >= 0.6 is 0 Å². The molecule has 0 aliphatic carbocycles. The van der Waals surface area contributed by atoms with Crippen LogP contribution in [0.1, 0.15) is 26.7 Å². The smallest absolute Gasteiger partial charge is 0.158 e. The van der Waals surface area contributed by atoms with Gasteiger partial charge in [-0.25, -0.2) is 8.42 Å². The lowest BCUT2D eigenvalue weighted by atomic mass is 9.98. The normalized spacial score (nSPS) is 21.5. The molecule has 5 heteroatoms. The first-order valence-corrected chi connectivity index (χ1v) is 7.24. The topological polar surface area (TPSA) is 55.4 Å². The van der Waals surface area contributed by atoms with Crippen LogP contribution in [0.15, 0.2) is 0 Å². The Hall–Kier alpha value is -0.130. The molecule has 0 amide bonds. The monoisotopic (exact) mass is 235 g/mol. The van der Waals surface area contributed by atoms with E-state index in [4.69, 9.17) is 4.74 Å². The highest BCUT2D eigenvalue weighted by atomic mass is 32.2. The molecule has 1 fully saturated rings. The van der Waals surface area contributed by atoms with Gasteiger partial charge in [-0.3, -0.25) is 0 Å².